The van der Waals surface area contributed by atoms with E-state index in [2.05, 4.69) is 0 Å². The summed E-state index contributed by atoms with van der Waals surface area (Å²) in [7, 11) is -2.38. The van der Waals surface area contributed by atoms with Crippen molar-refractivity contribution in [2.45, 2.75) is 18.4 Å². The van der Waals surface area contributed by atoms with Crippen molar-refractivity contribution in [3.05, 3.63) is 47.5 Å². The summed E-state index contributed by atoms with van der Waals surface area (Å²) in [6.45, 7) is 2.36. The molecular weight excluding hydrogens is 372 g/mol. The van der Waals surface area contributed by atoms with Gasteiger partial charge in [0.05, 0.1) is 17.1 Å². The predicted molar refractivity (Wildman–Crippen MR) is 97.3 cm³/mol. The van der Waals surface area contributed by atoms with Crippen LogP contribution in [0.1, 0.15) is 22.8 Å². The maximum atomic E-state index is 12.9. The third kappa shape index (κ3) is 3.83. The molecule has 0 saturated heterocycles. The third-order valence-electron chi connectivity index (χ3n) is 4.07. The first-order valence-corrected chi connectivity index (χ1v) is 9.68. The van der Waals surface area contributed by atoms with Crippen LogP contribution in [-0.2, 0) is 16.6 Å². The molecule has 8 nitrogen and oxygen atoms in total. The molecule has 1 aliphatic rings. The van der Waals surface area contributed by atoms with Crippen molar-refractivity contribution >= 4 is 15.9 Å². The minimum atomic E-state index is -3.84. The smallest absolute Gasteiger partial charge is 0.252 e. The number of carbonyl (C=O) groups excluding carboxylic acids is 1. The van der Waals surface area contributed by atoms with E-state index in [4.69, 9.17) is 19.9 Å². The molecule has 1 aliphatic heterocycles. The highest BCUT2D eigenvalue weighted by Gasteiger charge is 2.24. The van der Waals surface area contributed by atoms with Gasteiger partial charge in [0.25, 0.3) is 5.91 Å². The summed E-state index contributed by atoms with van der Waals surface area (Å²) in [5.41, 5.74) is 6.12. The standard InChI is InChI=1S/C18H20N2O6S/c1-3-24-15-7-5-13(9-14(15)18(19)21)27(22,23)20(2)10-12-4-6-16-17(8-12)26-11-25-16/h4-9H,3,10-11H2,1-2H3,(H2,19,21). The Morgan fingerprint density at radius 2 is 1.93 bits per heavy atom. The van der Waals surface area contributed by atoms with E-state index in [0.29, 0.717) is 18.1 Å². The molecule has 2 aromatic rings. The molecule has 0 aliphatic carbocycles. The number of primary amides is 1. The number of fused-ring (bicyclic) bond motifs is 1. The van der Waals surface area contributed by atoms with Gasteiger partial charge in [0.1, 0.15) is 5.75 Å². The highest BCUT2D eigenvalue weighted by molar-refractivity contribution is 7.89. The number of amides is 1. The Hall–Kier alpha value is -2.78. The molecule has 0 fully saturated rings. The molecular formula is C18H20N2O6S. The lowest BCUT2D eigenvalue weighted by Crippen LogP contribution is -2.27. The molecule has 0 spiro atoms. The summed E-state index contributed by atoms with van der Waals surface area (Å²) in [5.74, 6) is 0.702. The quantitative estimate of drug-likeness (QED) is 0.769. The summed E-state index contributed by atoms with van der Waals surface area (Å²) in [4.78, 5) is 11.6. The fourth-order valence-electron chi connectivity index (χ4n) is 2.70. The first-order valence-electron chi connectivity index (χ1n) is 8.24. The van der Waals surface area contributed by atoms with Crippen LogP contribution in [0.4, 0.5) is 0 Å². The Balaban J connectivity index is 1.86. The molecule has 1 amide bonds. The van der Waals surface area contributed by atoms with Crippen molar-refractivity contribution in [1.82, 2.24) is 4.31 Å². The number of carbonyl (C=O) groups is 1. The molecule has 1 heterocycles. The van der Waals surface area contributed by atoms with Gasteiger partial charge in [-0.3, -0.25) is 4.79 Å². The zero-order valence-electron chi connectivity index (χ0n) is 15.0. The number of rotatable bonds is 7. The lowest BCUT2D eigenvalue weighted by molar-refractivity contribution is 0.0996. The Bertz CT molecular complexity index is 974. The number of nitrogens with zero attached hydrogens (tertiary/aromatic N) is 1. The van der Waals surface area contributed by atoms with Crippen LogP contribution in [0.5, 0.6) is 17.2 Å². The van der Waals surface area contributed by atoms with Crippen molar-refractivity contribution in [2.24, 2.45) is 5.73 Å². The molecule has 2 N–H and O–H groups in total. The number of ether oxygens (including phenoxy) is 3. The largest absolute Gasteiger partial charge is 0.493 e. The number of sulfonamides is 1. The highest BCUT2D eigenvalue weighted by atomic mass is 32.2. The van der Waals surface area contributed by atoms with Crippen molar-refractivity contribution in [2.75, 3.05) is 20.4 Å². The molecule has 144 valence electrons. The van der Waals surface area contributed by atoms with Crippen molar-refractivity contribution in [1.29, 1.82) is 0 Å². The van der Waals surface area contributed by atoms with Crippen LogP contribution in [0.2, 0.25) is 0 Å². The van der Waals surface area contributed by atoms with Gasteiger partial charge in [-0.25, -0.2) is 8.42 Å². The monoisotopic (exact) mass is 392 g/mol. The van der Waals surface area contributed by atoms with Crippen LogP contribution < -0.4 is 19.9 Å². The van der Waals surface area contributed by atoms with E-state index in [1.807, 2.05) is 0 Å². The zero-order chi connectivity index (χ0) is 19.6. The van der Waals surface area contributed by atoms with Gasteiger partial charge in [-0.1, -0.05) is 6.07 Å². The van der Waals surface area contributed by atoms with Gasteiger partial charge in [0.15, 0.2) is 11.5 Å². The van der Waals surface area contributed by atoms with E-state index in [1.165, 1.54) is 29.6 Å². The Labute approximate surface area is 157 Å². The lowest BCUT2D eigenvalue weighted by Gasteiger charge is -2.18. The number of hydrogen-bond donors (Lipinski definition) is 1. The topological polar surface area (TPSA) is 108 Å². The Morgan fingerprint density at radius 1 is 1.19 bits per heavy atom. The van der Waals surface area contributed by atoms with Gasteiger partial charge >= 0.3 is 0 Å². The molecule has 0 bridgehead atoms. The fourth-order valence-corrected chi connectivity index (χ4v) is 3.89. The van der Waals surface area contributed by atoms with E-state index < -0.39 is 15.9 Å². The summed E-state index contributed by atoms with van der Waals surface area (Å²) in [5, 5.41) is 0. The van der Waals surface area contributed by atoms with Gasteiger partial charge in [-0.05, 0) is 42.8 Å². The van der Waals surface area contributed by atoms with Crippen LogP contribution in [0.25, 0.3) is 0 Å². The summed E-state index contributed by atoms with van der Waals surface area (Å²) in [6.07, 6.45) is 0. The maximum absolute atomic E-state index is 12.9. The minimum absolute atomic E-state index is 0.0226. The van der Waals surface area contributed by atoms with E-state index >= 15 is 0 Å². The molecule has 0 atom stereocenters. The van der Waals surface area contributed by atoms with E-state index in [1.54, 1.807) is 25.1 Å². The van der Waals surface area contributed by atoms with Gasteiger partial charge in [-0.15, -0.1) is 0 Å². The maximum Gasteiger partial charge on any atom is 0.252 e. The Kier molecular flexibility index (Phi) is 5.24. The first kappa shape index (κ1) is 19.0. The van der Waals surface area contributed by atoms with E-state index in [0.717, 1.165) is 5.56 Å². The lowest BCUT2D eigenvalue weighted by atomic mass is 10.2. The highest BCUT2D eigenvalue weighted by Crippen LogP contribution is 2.33. The van der Waals surface area contributed by atoms with E-state index in [-0.39, 0.29) is 29.5 Å². The number of hydrogen-bond acceptors (Lipinski definition) is 6. The van der Waals surface area contributed by atoms with Crippen molar-refractivity contribution in [3.8, 4) is 17.2 Å². The second-order valence-electron chi connectivity index (χ2n) is 5.90. The van der Waals surface area contributed by atoms with Gasteiger partial charge < -0.3 is 19.9 Å². The normalized spacial score (nSPS) is 13.0. The van der Waals surface area contributed by atoms with Gasteiger partial charge in [0, 0.05) is 13.6 Å². The van der Waals surface area contributed by atoms with Gasteiger partial charge in [-0.2, -0.15) is 4.31 Å². The average Bonchev–Trinajstić information content (AvgIpc) is 3.09. The van der Waals surface area contributed by atoms with Crippen LogP contribution in [0.3, 0.4) is 0 Å². The third-order valence-corrected chi connectivity index (χ3v) is 5.87. The molecule has 9 heteroatoms. The molecule has 0 aromatic heterocycles. The molecule has 27 heavy (non-hydrogen) atoms. The second-order valence-corrected chi connectivity index (χ2v) is 7.95. The predicted octanol–water partition coefficient (Wildman–Crippen LogP) is 1.73. The average molecular weight is 392 g/mol. The van der Waals surface area contributed by atoms with E-state index in [9.17, 15) is 13.2 Å². The number of benzene rings is 2. The van der Waals surface area contributed by atoms with Crippen LogP contribution in [0.15, 0.2) is 41.3 Å². The molecule has 0 radical (unpaired) electrons. The molecule has 0 unspecified atom stereocenters. The SMILES string of the molecule is CCOc1ccc(S(=O)(=O)N(C)Cc2ccc3c(c2)OCO3)cc1C(N)=O. The van der Waals surface area contributed by atoms with Crippen molar-refractivity contribution < 1.29 is 27.4 Å². The van der Waals surface area contributed by atoms with Crippen LogP contribution in [0, 0.1) is 0 Å². The first-order chi connectivity index (χ1) is 12.8. The van der Waals surface area contributed by atoms with Crippen LogP contribution in [-0.4, -0.2) is 39.1 Å². The second kappa shape index (κ2) is 7.45. The zero-order valence-corrected chi connectivity index (χ0v) is 15.8. The molecule has 2 aromatic carbocycles. The summed E-state index contributed by atoms with van der Waals surface area (Å²) in [6, 6.07) is 9.31. The van der Waals surface area contributed by atoms with Crippen molar-refractivity contribution in [3.63, 3.8) is 0 Å². The Morgan fingerprint density at radius 3 is 2.63 bits per heavy atom. The number of nitrogens with two attached hydrogens (primary N) is 1. The molecule has 3 rings (SSSR count). The molecule has 0 saturated carbocycles. The summed E-state index contributed by atoms with van der Waals surface area (Å²) >= 11 is 0. The summed E-state index contributed by atoms with van der Waals surface area (Å²) < 4.78 is 42.9. The van der Waals surface area contributed by atoms with Gasteiger partial charge in [0.2, 0.25) is 16.8 Å². The van der Waals surface area contributed by atoms with Crippen LogP contribution >= 0.6 is 0 Å². The fraction of sp³-hybridized carbons (Fsp3) is 0.278. The minimum Gasteiger partial charge on any atom is -0.493 e.